The number of rotatable bonds is 3. The molecule has 0 saturated carbocycles. The van der Waals surface area contributed by atoms with Gasteiger partial charge in [0.2, 0.25) is 0 Å². The molecule has 1 aromatic rings. The average molecular weight is 203 g/mol. The number of nitriles is 1. The summed E-state index contributed by atoms with van der Waals surface area (Å²) in [4.78, 5) is 0. The van der Waals surface area contributed by atoms with E-state index in [1.165, 1.54) is 0 Å². The molecule has 3 heteroatoms. The number of hydrogen-bond acceptors (Lipinski definition) is 3. The number of nitrogens with one attached hydrogen (secondary N) is 1. The van der Waals surface area contributed by atoms with E-state index in [-0.39, 0.29) is 5.54 Å². The Kier molecular flexibility index (Phi) is 3.33. The number of nitrogens with zero attached hydrogens (tertiary/aromatic N) is 1. The second kappa shape index (κ2) is 4.33. The van der Waals surface area contributed by atoms with Gasteiger partial charge in [-0.1, -0.05) is 6.07 Å². The van der Waals surface area contributed by atoms with Crippen LogP contribution in [0.25, 0.3) is 0 Å². The van der Waals surface area contributed by atoms with Crippen LogP contribution >= 0.6 is 0 Å². The summed E-state index contributed by atoms with van der Waals surface area (Å²) in [6, 6.07) is 7.73. The summed E-state index contributed by atoms with van der Waals surface area (Å²) in [6.07, 6.45) is 0. The summed E-state index contributed by atoms with van der Waals surface area (Å²) in [7, 11) is 0. The van der Waals surface area contributed by atoms with Gasteiger partial charge in [0.05, 0.1) is 11.6 Å². The Hall–Kier alpha value is -1.53. The van der Waals surface area contributed by atoms with Crippen molar-refractivity contribution in [2.24, 2.45) is 5.73 Å². The SMILES string of the molecule is Cc1ccc(C#N)cc1NC(C)(C)CN. The third-order valence-corrected chi connectivity index (χ3v) is 2.35. The maximum absolute atomic E-state index is 8.81. The zero-order chi connectivity index (χ0) is 11.5. The predicted octanol–water partition coefficient (Wildman–Crippen LogP) is 2.02. The molecule has 0 spiro atoms. The van der Waals surface area contributed by atoms with Crippen molar-refractivity contribution >= 4 is 5.69 Å². The molecule has 0 aromatic heterocycles. The number of anilines is 1. The highest BCUT2D eigenvalue weighted by atomic mass is 15.0. The van der Waals surface area contributed by atoms with E-state index in [1.807, 2.05) is 39.0 Å². The van der Waals surface area contributed by atoms with E-state index in [9.17, 15) is 0 Å². The largest absolute Gasteiger partial charge is 0.379 e. The standard InChI is InChI=1S/C12H17N3/c1-9-4-5-10(7-13)6-11(9)15-12(2,3)8-14/h4-6,15H,8,14H2,1-3H3. The van der Waals surface area contributed by atoms with Gasteiger partial charge in [-0.25, -0.2) is 0 Å². The molecule has 3 N–H and O–H groups in total. The lowest BCUT2D eigenvalue weighted by atomic mass is 10.0. The molecule has 0 fully saturated rings. The molecule has 1 aromatic carbocycles. The minimum Gasteiger partial charge on any atom is -0.379 e. The predicted molar refractivity (Wildman–Crippen MR) is 62.7 cm³/mol. The van der Waals surface area contributed by atoms with Crippen molar-refractivity contribution in [3.05, 3.63) is 29.3 Å². The van der Waals surface area contributed by atoms with Crippen molar-refractivity contribution < 1.29 is 0 Å². The van der Waals surface area contributed by atoms with Crippen LogP contribution in [0.1, 0.15) is 25.0 Å². The molecule has 15 heavy (non-hydrogen) atoms. The van der Waals surface area contributed by atoms with E-state index in [0.717, 1.165) is 11.3 Å². The van der Waals surface area contributed by atoms with Gasteiger partial charge in [0.25, 0.3) is 0 Å². The Labute approximate surface area is 90.9 Å². The van der Waals surface area contributed by atoms with Gasteiger partial charge in [0.15, 0.2) is 0 Å². The van der Waals surface area contributed by atoms with E-state index in [2.05, 4.69) is 11.4 Å². The van der Waals surface area contributed by atoms with E-state index >= 15 is 0 Å². The Balaban J connectivity index is 2.99. The van der Waals surface area contributed by atoms with Crippen LogP contribution in [-0.4, -0.2) is 12.1 Å². The summed E-state index contributed by atoms with van der Waals surface area (Å²) in [5, 5.41) is 12.1. The van der Waals surface area contributed by atoms with Crippen molar-refractivity contribution in [1.82, 2.24) is 0 Å². The lowest BCUT2D eigenvalue weighted by Gasteiger charge is -2.26. The average Bonchev–Trinajstić information content (AvgIpc) is 2.21. The minimum atomic E-state index is -0.154. The molecule has 1 rings (SSSR count). The first-order valence-corrected chi connectivity index (χ1v) is 4.97. The molecule has 0 heterocycles. The van der Waals surface area contributed by atoms with Crippen LogP contribution < -0.4 is 11.1 Å². The first-order chi connectivity index (χ1) is 6.98. The fourth-order valence-corrected chi connectivity index (χ4v) is 1.24. The molecule has 0 atom stereocenters. The zero-order valence-electron chi connectivity index (χ0n) is 9.46. The molecule has 0 unspecified atom stereocenters. The Bertz CT molecular complexity index is 388. The van der Waals surface area contributed by atoms with Crippen LogP contribution in [0.4, 0.5) is 5.69 Å². The summed E-state index contributed by atoms with van der Waals surface area (Å²) in [5.74, 6) is 0. The fourth-order valence-electron chi connectivity index (χ4n) is 1.24. The van der Waals surface area contributed by atoms with Crippen LogP contribution in [-0.2, 0) is 0 Å². The molecule has 80 valence electrons. The summed E-state index contributed by atoms with van der Waals surface area (Å²) in [6.45, 7) is 6.62. The molecule has 3 nitrogen and oxygen atoms in total. The molecule has 0 amide bonds. The fraction of sp³-hybridized carbons (Fsp3) is 0.417. The van der Waals surface area contributed by atoms with Crippen LogP contribution in [0.5, 0.6) is 0 Å². The Morgan fingerprint density at radius 1 is 1.47 bits per heavy atom. The maximum Gasteiger partial charge on any atom is 0.0992 e. The quantitative estimate of drug-likeness (QED) is 0.790. The van der Waals surface area contributed by atoms with Gasteiger partial charge in [0.1, 0.15) is 0 Å². The minimum absolute atomic E-state index is 0.154. The second-order valence-electron chi connectivity index (χ2n) is 4.35. The van der Waals surface area contributed by atoms with Crippen molar-refractivity contribution in [3.63, 3.8) is 0 Å². The number of nitrogens with two attached hydrogens (primary N) is 1. The molecular weight excluding hydrogens is 186 g/mol. The van der Waals surface area contributed by atoms with E-state index in [4.69, 9.17) is 11.0 Å². The normalized spacial score (nSPS) is 10.9. The lowest BCUT2D eigenvalue weighted by molar-refractivity contribution is 0.579. The van der Waals surface area contributed by atoms with E-state index in [1.54, 1.807) is 0 Å². The first kappa shape index (κ1) is 11.5. The van der Waals surface area contributed by atoms with Crippen LogP contribution in [0, 0.1) is 18.3 Å². The van der Waals surface area contributed by atoms with E-state index < -0.39 is 0 Å². The first-order valence-electron chi connectivity index (χ1n) is 4.97. The molecule has 0 aliphatic heterocycles. The summed E-state index contributed by atoms with van der Waals surface area (Å²) >= 11 is 0. The van der Waals surface area contributed by atoms with Gasteiger partial charge < -0.3 is 11.1 Å². The molecule has 0 bridgehead atoms. The van der Waals surface area contributed by atoms with Gasteiger partial charge in [0, 0.05) is 17.8 Å². The maximum atomic E-state index is 8.81. The van der Waals surface area contributed by atoms with Crippen LogP contribution in [0.3, 0.4) is 0 Å². The second-order valence-corrected chi connectivity index (χ2v) is 4.35. The Morgan fingerprint density at radius 3 is 2.67 bits per heavy atom. The molecule has 0 saturated heterocycles. The highest BCUT2D eigenvalue weighted by Crippen LogP contribution is 2.20. The zero-order valence-corrected chi connectivity index (χ0v) is 9.46. The van der Waals surface area contributed by atoms with Gasteiger partial charge >= 0.3 is 0 Å². The van der Waals surface area contributed by atoms with Crippen LogP contribution in [0.2, 0.25) is 0 Å². The topological polar surface area (TPSA) is 61.8 Å². The van der Waals surface area contributed by atoms with Crippen molar-refractivity contribution in [1.29, 1.82) is 5.26 Å². The highest BCUT2D eigenvalue weighted by Gasteiger charge is 2.15. The number of hydrogen-bond donors (Lipinski definition) is 2. The lowest BCUT2D eigenvalue weighted by Crippen LogP contribution is -2.39. The van der Waals surface area contributed by atoms with Crippen molar-refractivity contribution in [3.8, 4) is 6.07 Å². The highest BCUT2D eigenvalue weighted by molar-refractivity contribution is 5.56. The van der Waals surface area contributed by atoms with Gasteiger partial charge in [-0.2, -0.15) is 5.26 Å². The summed E-state index contributed by atoms with van der Waals surface area (Å²) < 4.78 is 0. The molecule has 0 radical (unpaired) electrons. The van der Waals surface area contributed by atoms with Gasteiger partial charge in [-0.15, -0.1) is 0 Å². The van der Waals surface area contributed by atoms with Gasteiger partial charge in [-0.3, -0.25) is 0 Å². The Morgan fingerprint density at radius 2 is 2.13 bits per heavy atom. The molecule has 0 aliphatic carbocycles. The van der Waals surface area contributed by atoms with E-state index in [0.29, 0.717) is 12.1 Å². The monoisotopic (exact) mass is 203 g/mol. The number of aryl methyl sites for hydroxylation is 1. The third kappa shape index (κ3) is 2.97. The van der Waals surface area contributed by atoms with Gasteiger partial charge in [-0.05, 0) is 38.5 Å². The smallest absolute Gasteiger partial charge is 0.0992 e. The summed E-state index contributed by atoms with van der Waals surface area (Å²) in [5.41, 5.74) is 8.25. The van der Waals surface area contributed by atoms with Crippen molar-refractivity contribution in [2.75, 3.05) is 11.9 Å². The molecule has 0 aliphatic rings. The number of benzene rings is 1. The van der Waals surface area contributed by atoms with Crippen molar-refractivity contribution in [2.45, 2.75) is 26.3 Å². The third-order valence-electron chi connectivity index (χ3n) is 2.35. The molecular formula is C12H17N3. The van der Waals surface area contributed by atoms with Crippen LogP contribution in [0.15, 0.2) is 18.2 Å².